The SMILES string of the molecule is CCOC(=O)CN1C(=S)N[C@@H](c2ccccn2)[C@H]1c1cccn1-c1nc2ccccc2s1. The molecule has 1 aliphatic rings. The number of carbonyl (C=O) groups excluding carboxylic acids is 1. The fourth-order valence-corrected chi connectivity index (χ4v) is 5.29. The lowest BCUT2D eigenvalue weighted by Gasteiger charge is -2.27. The molecule has 1 fully saturated rings. The van der Waals surface area contributed by atoms with Crippen molar-refractivity contribution in [3.05, 3.63) is 78.4 Å². The summed E-state index contributed by atoms with van der Waals surface area (Å²) in [5, 5.41) is 4.73. The van der Waals surface area contributed by atoms with Crippen molar-refractivity contribution in [3.8, 4) is 5.13 Å². The van der Waals surface area contributed by atoms with Gasteiger partial charge in [0.2, 0.25) is 0 Å². The van der Waals surface area contributed by atoms with Crippen LogP contribution in [0.15, 0.2) is 67.0 Å². The number of para-hydroxylation sites is 1. The van der Waals surface area contributed by atoms with Crippen LogP contribution in [-0.2, 0) is 9.53 Å². The number of fused-ring (bicyclic) bond motifs is 1. The summed E-state index contributed by atoms with van der Waals surface area (Å²) in [4.78, 5) is 23.6. The molecular weight excluding hydrogens is 442 g/mol. The van der Waals surface area contributed by atoms with Gasteiger partial charge in [0.15, 0.2) is 10.2 Å². The van der Waals surface area contributed by atoms with Gasteiger partial charge in [0.05, 0.1) is 40.3 Å². The number of nitrogens with zero attached hydrogens (tertiary/aromatic N) is 4. The van der Waals surface area contributed by atoms with E-state index >= 15 is 0 Å². The van der Waals surface area contributed by atoms with Gasteiger partial charge in [-0.15, -0.1) is 0 Å². The van der Waals surface area contributed by atoms with Gasteiger partial charge in [0.25, 0.3) is 0 Å². The molecule has 0 aliphatic carbocycles. The maximum absolute atomic E-state index is 12.4. The van der Waals surface area contributed by atoms with Crippen LogP contribution in [0.4, 0.5) is 0 Å². The molecule has 162 valence electrons. The highest BCUT2D eigenvalue weighted by Crippen LogP contribution is 2.40. The van der Waals surface area contributed by atoms with Gasteiger partial charge in [0.1, 0.15) is 6.54 Å². The van der Waals surface area contributed by atoms with E-state index in [0.717, 1.165) is 26.7 Å². The summed E-state index contributed by atoms with van der Waals surface area (Å²) in [5.41, 5.74) is 2.77. The van der Waals surface area contributed by atoms with Gasteiger partial charge >= 0.3 is 5.97 Å². The molecule has 9 heteroatoms. The fourth-order valence-electron chi connectivity index (χ4n) is 4.02. The first-order chi connectivity index (χ1) is 15.7. The lowest BCUT2D eigenvalue weighted by molar-refractivity contribution is -0.143. The monoisotopic (exact) mass is 463 g/mol. The normalized spacial score (nSPS) is 18.2. The number of hydrogen-bond donors (Lipinski definition) is 1. The van der Waals surface area contributed by atoms with Crippen molar-refractivity contribution in [2.24, 2.45) is 0 Å². The van der Waals surface area contributed by atoms with Crippen LogP contribution in [0.3, 0.4) is 0 Å². The van der Waals surface area contributed by atoms with E-state index in [9.17, 15) is 4.79 Å². The number of benzene rings is 1. The van der Waals surface area contributed by atoms with Gasteiger partial charge in [-0.1, -0.05) is 29.5 Å². The van der Waals surface area contributed by atoms with Gasteiger partial charge in [-0.3, -0.25) is 14.3 Å². The number of aromatic nitrogens is 3. The van der Waals surface area contributed by atoms with E-state index in [-0.39, 0.29) is 24.6 Å². The molecule has 7 nitrogen and oxygen atoms in total. The molecule has 0 unspecified atom stereocenters. The predicted molar refractivity (Wildman–Crippen MR) is 128 cm³/mol. The number of carbonyl (C=O) groups is 1. The van der Waals surface area contributed by atoms with E-state index in [1.54, 1.807) is 24.5 Å². The number of rotatable bonds is 6. The molecule has 0 amide bonds. The molecule has 0 bridgehead atoms. The average molecular weight is 464 g/mol. The third kappa shape index (κ3) is 3.74. The third-order valence-electron chi connectivity index (χ3n) is 5.37. The van der Waals surface area contributed by atoms with Gasteiger partial charge < -0.3 is 15.0 Å². The Labute approximate surface area is 194 Å². The Morgan fingerprint density at radius 3 is 2.81 bits per heavy atom. The molecule has 32 heavy (non-hydrogen) atoms. The molecule has 4 heterocycles. The summed E-state index contributed by atoms with van der Waals surface area (Å²) in [6.07, 6.45) is 3.75. The van der Waals surface area contributed by atoms with Crippen LogP contribution < -0.4 is 5.32 Å². The molecule has 1 aliphatic heterocycles. The van der Waals surface area contributed by atoms with E-state index in [1.807, 2.05) is 59.6 Å². The molecule has 0 spiro atoms. The number of thiazole rings is 1. The highest BCUT2D eigenvalue weighted by atomic mass is 32.1. The van der Waals surface area contributed by atoms with Crippen molar-refractivity contribution in [2.45, 2.75) is 19.0 Å². The second-order valence-electron chi connectivity index (χ2n) is 7.33. The highest BCUT2D eigenvalue weighted by molar-refractivity contribution is 7.80. The first-order valence-corrected chi connectivity index (χ1v) is 11.5. The molecule has 2 atom stereocenters. The second kappa shape index (κ2) is 8.68. The van der Waals surface area contributed by atoms with Crippen LogP contribution in [0.5, 0.6) is 0 Å². The van der Waals surface area contributed by atoms with Crippen molar-refractivity contribution in [1.82, 2.24) is 24.8 Å². The second-order valence-corrected chi connectivity index (χ2v) is 8.72. The molecule has 5 rings (SSSR count). The smallest absolute Gasteiger partial charge is 0.325 e. The van der Waals surface area contributed by atoms with E-state index in [0.29, 0.717) is 11.7 Å². The van der Waals surface area contributed by atoms with E-state index < -0.39 is 0 Å². The lowest BCUT2D eigenvalue weighted by atomic mass is 10.0. The Kier molecular flexibility index (Phi) is 5.59. The van der Waals surface area contributed by atoms with E-state index in [2.05, 4.69) is 20.9 Å². The third-order valence-corrected chi connectivity index (χ3v) is 6.76. The summed E-state index contributed by atoms with van der Waals surface area (Å²) in [6, 6.07) is 17.4. The molecule has 3 aromatic heterocycles. The Bertz CT molecular complexity index is 1240. The Balaban J connectivity index is 1.59. The first-order valence-electron chi connectivity index (χ1n) is 10.3. The summed E-state index contributed by atoms with van der Waals surface area (Å²) in [6.45, 7) is 2.17. The predicted octanol–water partition coefficient (Wildman–Crippen LogP) is 4.02. The van der Waals surface area contributed by atoms with E-state index in [4.69, 9.17) is 21.9 Å². The zero-order chi connectivity index (χ0) is 22.1. The fraction of sp³-hybridized carbons (Fsp3) is 0.217. The molecule has 1 N–H and O–H groups in total. The minimum Gasteiger partial charge on any atom is -0.465 e. The van der Waals surface area contributed by atoms with Crippen molar-refractivity contribution in [3.63, 3.8) is 0 Å². The molecular formula is C23H21N5O2S2. The van der Waals surface area contributed by atoms with Crippen molar-refractivity contribution >= 4 is 44.9 Å². The number of pyridine rings is 1. The number of nitrogens with one attached hydrogen (secondary N) is 1. The minimum atomic E-state index is -0.318. The number of ether oxygens (including phenoxy) is 1. The maximum Gasteiger partial charge on any atom is 0.325 e. The minimum absolute atomic E-state index is 0.0543. The molecule has 1 aromatic carbocycles. The topological polar surface area (TPSA) is 72.3 Å². The number of esters is 1. The Morgan fingerprint density at radius 2 is 2.03 bits per heavy atom. The average Bonchev–Trinajstić information content (AvgIpc) is 3.51. The molecule has 4 aromatic rings. The zero-order valence-corrected chi connectivity index (χ0v) is 19.0. The van der Waals surface area contributed by atoms with Gasteiger partial charge in [0, 0.05) is 12.4 Å². The summed E-state index contributed by atoms with van der Waals surface area (Å²) >= 11 is 7.26. The lowest BCUT2D eigenvalue weighted by Crippen LogP contribution is -2.36. The van der Waals surface area contributed by atoms with Crippen LogP contribution >= 0.6 is 23.6 Å². The molecule has 1 saturated heterocycles. The standard InChI is InChI=1S/C23H21N5O2S2/c1-2-30-19(29)14-28-21(20(26-22(28)31)16-9-5-6-12-24-16)17-10-7-13-27(17)23-25-15-8-3-4-11-18(15)32-23/h3-13,20-21H,2,14H2,1H3,(H,26,31)/t20-,21+/m0/s1. The maximum atomic E-state index is 12.4. The number of hydrogen-bond acceptors (Lipinski definition) is 6. The Morgan fingerprint density at radius 1 is 1.19 bits per heavy atom. The highest BCUT2D eigenvalue weighted by Gasteiger charge is 2.42. The van der Waals surface area contributed by atoms with Crippen molar-refractivity contribution in [2.75, 3.05) is 13.2 Å². The largest absolute Gasteiger partial charge is 0.465 e. The summed E-state index contributed by atoms with van der Waals surface area (Å²) in [7, 11) is 0. The van der Waals surface area contributed by atoms with E-state index in [1.165, 1.54) is 0 Å². The molecule has 0 radical (unpaired) electrons. The van der Waals surface area contributed by atoms with Crippen LogP contribution in [-0.4, -0.2) is 43.7 Å². The van der Waals surface area contributed by atoms with Crippen LogP contribution in [0, 0.1) is 0 Å². The summed E-state index contributed by atoms with van der Waals surface area (Å²) < 4.78 is 8.40. The molecule has 0 saturated carbocycles. The van der Waals surface area contributed by atoms with Crippen molar-refractivity contribution < 1.29 is 9.53 Å². The quantitative estimate of drug-likeness (QED) is 0.342. The van der Waals surface area contributed by atoms with Gasteiger partial charge in [-0.25, -0.2) is 4.98 Å². The van der Waals surface area contributed by atoms with Gasteiger partial charge in [-0.2, -0.15) is 0 Å². The zero-order valence-electron chi connectivity index (χ0n) is 17.3. The van der Waals surface area contributed by atoms with Crippen LogP contribution in [0.2, 0.25) is 0 Å². The first kappa shape index (κ1) is 20.6. The van der Waals surface area contributed by atoms with Crippen molar-refractivity contribution in [1.29, 1.82) is 0 Å². The van der Waals surface area contributed by atoms with Crippen LogP contribution in [0.25, 0.3) is 15.3 Å². The van der Waals surface area contributed by atoms with Crippen LogP contribution in [0.1, 0.15) is 30.4 Å². The van der Waals surface area contributed by atoms with Gasteiger partial charge in [-0.05, 0) is 55.5 Å². The number of thiocarbonyl (C=S) groups is 1. The Hall–Kier alpha value is -3.30. The summed E-state index contributed by atoms with van der Waals surface area (Å²) in [5.74, 6) is -0.318.